The summed E-state index contributed by atoms with van der Waals surface area (Å²) in [5.74, 6) is 0.116. The van der Waals surface area contributed by atoms with Crippen LogP contribution in [0.5, 0.6) is 0 Å². The summed E-state index contributed by atoms with van der Waals surface area (Å²) >= 11 is 0. The first-order chi connectivity index (χ1) is 12.3. The number of ether oxygens (including phenoxy) is 1. The number of anilines is 1. The Morgan fingerprint density at radius 2 is 2.08 bits per heavy atom. The van der Waals surface area contributed by atoms with Crippen LogP contribution in [0.25, 0.3) is 0 Å². The number of β-amino-alcohol motifs (C(OH)–C–C–N with tert-alkyl or cyclic N) is 1. The summed E-state index contributed by atoms with van der Waals surface area (Å²) < 4.78 is 43.1. The summed E-state index contributed by atoms with van der Waals surface area (Å²) in [6.45, 7) is 2.51. The number of aliphatic hydroxyl groups is 1. The van der Waals surface area contributed by atoms with Crippen LogP contribution in [0.15, 0.2) is 18.3 Å². The van der Waals surface area contributed by atoms with Gasteiger partial charge < -0.3 is 15.2 Å². The Labute approximate surface area is 149 Å². The van der Waals surface area contributed by atoms with E-state index in [1.807, 2.05) is 4.90 Å². The number of rotatable bonds is 4. The van der Waals surface area contributed by atoms with Crippen molar-refractivity contribution in [2.24, 2.45) is 5.92 Å². The van der Waals surface area contributed by atoms with Crippen molar-refractivity contribution in [3.8, 4) is 0 Å². The van der Waals surface area contributed by atoms with Gasteiger partial charge in [-0.25, -0.2) is 4.98 Å². The molecule has 3 rings (SSSR count). The molecule has 2 aliphatic heterocycles. The van der Waals surface area contributed by atoms with Gasteiger partial charge in [-0.15, -0.1) is 0 Å². The third-order valence-electron chi connectivity index (χ3n) is 4.86. The van der Waals surface area contributed by atoms with Gasteiger partial charge in [0.2, 0.25) is 5.91 Å². The van der Waals surface area contributed by atoms with Gasteiger partial charge in [0, 0.05) is 32.5 Å². The van der Waals surface area contributed by atoms with Gasteiger partial charge in [0.25, 0.3) is 0 Å². The summed E-state index contributed by atoms with van der Waals surface area (Å²) in [5, 5.41) is 12.5. The fourth-order valence-corrected chi connectivity index (χ4v) is 3.46. The summed E-state index contributed by atoms with van der Waals surface area (Å²) in [4.78, 5) is 18.2. The number of alkyl halides is 3. The molecule has 2 N–H and O–H groups in total. The van der Waals surface area contributed by atoms with Crippen molar-refractivity contribution < 1.29 is 27.8 Å². The third-order valence-corrected chi connectivity index (χ3v) is 4.86. The van der Waals surface area contributed by atoms with Crippen LogP contribution in [-0.2, 0) is 15.7 Å². The lowest BCUT2D eigenvalue weighted by atomic mass is 9.99. The van der Waals surface area contributed by atoms with E-state index < -0.39 is 23.9 Å². The molecule has 0 radical (unpaired) electrons. The first-order valence-electron chi connectivity index (χ1n) is 8.67. The zero-order chi connectivity index (χ0) is 18.7. The Bertz CT molecular complexity index is 618. The molecule has 1 aromatic rings. The molecule has 9 heteroatoms. The second-order valence-corrected chi connectivity index (χ2v) is 6.83. The Hall–Kier alpha value is -1.71. The minimum Gasteiger partial charge on any atom is -0.392 e. The Morgan fingerprint density at radius 1 is 1.35 bits per heavy atom. The number of nitrogens with zero attached hydrogens (tertiary/aromatic N) is 2. The minimum absolute atomic E-state index is 0.0652. The molecule has 0 bridgehead atoms. The normalized spacial score (nSPS) is 25.4. The number of amides is 1. The number of likely N-dealkylation sites (tertiary alicyclic amines) is 1. The molecule has 0 aliphatic carbocycles. The topological polar surface area (TPSA) is 74.7 Å². The average Bonchev–Trinajstić information content (AvgIpc) is 2.96. The zero-order valence-corrected chi connectivity index (χ0v) is 14.2. The molecule has 1 aromatic heterocycles. The van der Waals surface area contributed by atoms with E-state index in [9.17, 15) is 23.1 Å². The number of halogens is 3. The number of pyridine rings is 1. The molecule has 1 amide bonds. The van der Waals surface area contributed by atoms with Crippen molar-refractivity contribution in [2.45, 2.75) is 37.6 Å². The molecule has 2 saturated heterocycles. The molecule has 6 nitrogen and oxygen atoms in total. The van der Waals surface area contributed by atoms with Crippen LogP contribution in [0.4, 0.5) is 19.0 Å². The van der Waals surface area contributed by atoms with E-state index in [-0.39, 0.29) is 11.7 Å². The molecule has 0 unspecified atom stereocenters. The molecule has 0 aromatic carbocycles. The molecule has 2 aliphatic rings. The van der Waals surface area contributed by atoms with Gasteiger partial charge in [0.05, 0.1) is 17.7 Å². The van der Waals surface area contributed by atoms with Gasteiger partial charge >= 0.3 is 6.18 Å². The summed E-state index contributed by atoms with van der Waals surface area (Å²) in [6, 6.07) is 1.50. The van der Waals surface area contributed by atoms with Crippen LogP contribution in [0, 0.1) is 5.92 Å². The maximum absolute atomic E-state index is 12.6. The maximum atomic E-state index is 12.6. The number of aliphatic hydroxyl groups excluding tert-OH is 1. The summed E-state index contributed by atoms with van der Waals surface area (Å²) in [7, 11) is 0. The van der Waals surface area contributed by atoms with Crippen molar-refractivity contribution in [3.05, 3.63) is 23.9 Å². The lowest BCUT2D eigenvalue weighted by Gasteiger charge is -2.30. The fraction of sp³-hybridized carbons (Fsp3) is 0.647. The first kappa shape index (κ1) is 19.1. The van der Waals surface area contributed by atoms with Crippen LogP contribution < -0.4 is 5.32 Å². The van der Waals surface area contributed by atoms with E-state index in [2.05, 4.69) is 10.3 Å². The number of carbonyl (C=O) groups is 1. The first-order valence-corrected chi connectivity index (χ1v) is 8.67. The number of carbonyl (C=O) groups excluding carboxylic acids is 1. The molecule has 0 spiro atoms. The second kappa shape index (κ2) is 7.89. The fourth-order valence-electron chi connectivity index (χ4n) is 3.46. The minimum atomic E-state index is -4.47. The largest absolute Gasteiger partial charge is 0.417 e. The number of hydrogen-bond acceptors (Lipinski definition) is 5. The van der Waals surface area contributed by atoms with Crippen molar-refractivity contribution >= 4 is 11.7 Å². The Kier molecular flexibility index (Phi) is 5.79. The summed E-state index contributed by atoms with van der Waals surface area (Å²) in [6.07, 6.45) is -2.23. The van der Waals surface area contributed by atoms with Crippen LogP contribution in [-0.4, -0.2) is 59.3 Å². The van der Waals surface area contributed by atoms with Crippen LogP contribution in [0.1, 0.15) is 24.8 Å². The molecule has 144 valence electrons. The van der Waals surface area contributed by atoms with Crippen molar-refractivity contribution in [1.29, 1.82) is 0 Å². The molecule has 2 fully saturated rings. The number of aromatic nitrogens is 1. The molecule has 0 saturated carbocycles. The Morgan fingerprint density at radius 3 is 2.69 bits per heavy atom. The van der Waals surface area contributed by atoms with E-state index >= 15 is 0 Å². The smallest absolute Gasteiger partial charge is 0.392 e. The Balaban J connectivity index is 1.61. The quantitative estimate of drug-likeness (QED) is 0.843. The highest BCUT2D eigenvalue weighted by Gasteiger charge is 2.37. The standard InChI is InChI=1S/C17H22F3N3O3/c18-17(19,20)12-1-2-15(21-8-12)22-16(25)14-7-13(24)10-23(14)9-11-3-5-26-6-4-11/h1-2,8,11,13-14,24H,3-7,9-10H2,(H,21,22,25)/t13-,14+/m1/s1. The van der Waals surface area contributed by atoms with Gasteiger partial charge in [-0.2, -0.15) is 13.2 Å². The SMILES string of the molecule is O=C(Nc1ccc(C(F)(F)F)cn1)[C@@H]1C[C@@H](O)CN1CC1CCOCC1. The van der Waals surface area contributed by atoms with Crippen molar-refractivity contribution in [3.63, 3.8) is 0 Å². The van der Waals surface area contributed by atoms with Crippen LogP contribution in [0.2, 0.25) is 0 Å². The molecule has 26 heavy (non-hydrogen) atoms. The van der Waals surface area contributed by atoms with Crippen LogP contribution >= 0.6 is 0 Å². The predicted molar refractivity (Wildman–Crippen MR) is 87.4 cm³/mol. The molecular weight excluding hydrogens is 351 g/mol. The van der Waals surface area contributed by atoms with E-state index in [0.717, 1.165) is 25.0 Å². The van der Waals surface area contributed by atoms with Crippen molar-refractivity contribution in [2.75, 3.05) is 31.6 Å². The highest BCUT2D eigenvalue weighted by atomic mass is 19.4. The molecule has 3 heterocycles. The van der Waals surface area contributed by atoms with Crippen LogP contribution in [0.3, 0.4) is 0 Å². The van der Waals surface area contributed by atoms with Gasteiger partial charge in [0.15, 0.2) is 0 Å². The van der Waals surface area contributed by atoms with Gasteiger partial charge in [-0.1, -0.05) is 0 Å². The third kappa shape index (κ3) is 4.72. The van der Waals surface area contributed by atoms with E-state index in [1.165, 1.54) is 0 Å². The lowest BCUT2D eigenvalue weighted by Crippen LogP contribution is -2.43. The molecular formula is C17H22F3N3O3. The highest BCUT2D eigenvalue weighted by molar-refractivity contribution is 5.94. The zero-order valence-electron chi connectivity index (χ0n) is 14.2. The highest BCUT2D eigenvalue weighted by Crippen LogP contribution is 2.29. The van der Waals surface area contributed by atoms with E-state index in [4.69, 9.17) is 4.74 Å². The lowest BCUT2D eigenvalue weighted by molar-refractivity contribution is -0.137. The maximum Gasteiger partial charge on any atom is 0.417 e. The van der Waals surface area contributed by atoms with E-state index in [1.54, 1.807) is 0 Å². The molecule has 2 atom stereocenters. The van der Waals surface area contributed by atoms with Gasteiger partial charge in [-0.3, -0.25) is 9.69 Å². The number of nitrogens with one attached hydrogen (secondary N) is 1. The predicted octanol–water partition coefficient (Wildman–Crippen LogP) is 1.90. The van der Waals surface area contributed by atoms with Crippen molar-refractivity contribution in [1.82, 2.24) is 9.88 Å². The monoisotopic (exact) mass is 373 g/mol. The average molecular weight is 373 g/mol. The van der Waals surface area contributed by atoms with Gasteiger partial charge in [0.1, 0.15) is 5.82 Å². The second-order valence-electron chi connectivity index (χ2n) is 6.83. The van der Waals surface area contributed by atoms with Gasteiger partial charge in [-0.05, 0) is 37.3 Å². The summed E-state index contributed by atoms with van der Waals surface area (Å²) in [5.41, 5.74) is -0.868. The van der Waals surface area contributed by atoms with E-state index in [0.29, 0.717) is 44.8 Å². The number of hydrogen-bond donors (Lipinski definition) is 2.